The summed E-state index contributed by atoms with van der Waals surface area (Å²) in [6, 6.07) is 8.68. The molecule has 1 aromatic heterocycles. The zero-order valence-electron chi connectivity index (χ0n) is 12.8. The number of furan rings is 1. The Hall–Kier alpha value is -2.43. The lowest BCUT2D eigenvalue weighted by Crippen LogP contribution is -2.16. The largest absolute Gasteiger partial charge is 0.493 e. The third kappa shape index (κ3) is 2.66. The van der Waals surface area contributed by atoms with E-state index in [4.69, 9.17) is 13.9 Å². The number of benzene rings is 1. The molecule has 0 bridgehead atoms. The van der Waals surface area contributed by atoms with Crippen LogP contribution in [0.3, 0.4) is 0 Å². The van der Waals surface area contributed by atoms with Crippen LogP contribution in [-0.2, 0) is 0 Å². The van der Waals surface area contributed by atoms with Crippen LogP contribution in [-0.4, -0.2) is 33.1 Å². The standard InChI is InChI=1S/C17H19NO4/c1-20-13-6-5-12(11-15(13)21-2)17(19)14-7-8-16(22-14)18-9-3-4-10-18/h5-8,11H,3-4,9-10H2,1-2H3. The lowest BCUT2D eigenvalue weighted by atomic mass is 10.1. The zero-order valence-corrected chi connectivity index (χ0v) is 12.8. The molecular formula is C17H19NO4. The van der Waals surface area contributed by atoms with Gasteiger partial charge in [-0.25, -0.2) is 0 Å². The monoisotopic (exact) mass is 301 g/mol. The molecule has 0 unspecified atom stereocenters. The highest BCUT2D eigenvalue weighted by Crippen LogP contribution is 2.29. The van der Waals surface area contributed by atoms with Crippen molar-refractivity contribution in [3.63, 3.8) is 0 Å². The van der Waals surface area contributed by atoms with Crippen molar-refractivity contribution in [2.45, 2.75) is 12.8 Å². The predicted molar refractivity (Wildman–Crippen MR) is 83.1 cm³/mol. The van der Waals surface area contributed by atoms with E-state index < -0.39 is 0 Å². The molecule has 2 heterocycles. The van der Waals surface area contributed by atoms with Crippen molar-refractivity contribution in [1.29, 1.82) is 0 Å². The smallest absolute Gasteiger partial charge is 0.228 e. The molecule has 116 valence electrons. The molecule has 1 saturated heterocycles. The number of rotatable bonds is 5. The van der Waals surface area contributed by atoms with Crippen molar-refractivity contribution in [3.8, 4) is 11.5 Å². The van der Waals surface area contributed by atoms with Crippen LogP contribution in [0.2, 0.25) is 0 Å². The van der Waals surface area contributed by atoms with Crippen LogP contribution in [0.25, 0.3) is 0 Å². The van der Waals surface area contributed by atoms with E-state index in [9.17, 15) is 4.79 Å². The number of hydrogen-bond donors (Lipinski definition) is 0. The number of methoxy groups -OCH3 is 2. The molecule has 0 amide bonds. The molecular weight excluding hydrogens is 282 g/mol. The molecule has 0 aliphatic carbocycles. The second kappa shape index (κ2) is 6.13. The third-order valence-corrected chi connectivity index (χ3v) is 3.88. The minimum atomic E-state index is -0.161. The van der Waals surface area contributed by atoms with Crippen LogP contribution in [0.15, 0.2) is 34.7 Å². The third-order valence-electron chi connectivity index (χ3n) is 3.88. The highest BCUT2D eigenvalue weighted by Gasteiger charge is 2.20. The second-order valence-corrected chi connectivity index (χ2v) is 5.23. The molecule has 1 aromatic carbocycles. The fraction of sp³-hybridized carbons (Fsp3) is 0.353. The fourth-order valence-corrected chi connectivity index (χ4v) is 2.68. The zero-order chi connectivity index (χ0) is 15.5. The van der Waals surface area contributed by atoms with E-state index in [2.05, 4.69) is 4.90 Å². The summed E-state index contributed by atoms with van der Waals surface area (Å²) in [5, 5.41) is 0. The van der Waals surface area contributed by atoms with Crippen molar-refractivity contribution in [2.75, 3.05) is 32.2 Å². The van der Waals surface area contributed by atoms with Gasteiger partial charge in [0.2, 0.25) is 5.78 Å². The molecule has 0 N–H and O–H groups in total. The van der Waals surface area contributed by atoms with Gasteiger partial charge < -0.3 is 18.8 Å². The van der Waals surface area contributed by atoms with Crippen LogP contribution in [0.5, 0.6) is 11.5 Å². The van der Waals surface area contributed by atoms with Crippen LogP contribution >= 0.6 is 0 Å². The first-order chi connectivity index (χ1) is 10.7. The van der Waals surface area contributed by atoms with Crippen molar-refractivity contribution in [1.82, 2.24) is 0 Å². The van der Waals surface area contributed by atoms with Gasteiger partial charge in [0.15, 0.2) is 23.1 Å². The minimum absolute atomic E-state index is 0.161. The van der Waals surface area contributed by atoms with Crippen LogP contribution in [0.1, 0.15) is 29.0 Å². The number of anilines is 1. The number of ether oxygens (including phenoxy) is 2. The molecule has 22 heavy (non-hydrogen) atoms. The van der Waals surface area contributed by atoms with E-state index in [0.29, 0.717) is 22.8 Å². The average molecular weight is 301 g/mol. The topological polar surface area (TPSA) is 51.9 Å². The van der Waals surface area contributed by atoms with E-state index in [1.54, 1.807) is 38.5 Å². The summed E-state index contributed by atoms with van der Waals surface area (Å²) < 4.78 is 16.1. The second-order valence-electron chi connectivity index (χ2n) is 5.23. The Morgan fingerprint density at radius 1 is 1.05 bits per heavy atom. The van der Waals surface area contributed by atoms with E-state index in [1.165, 1.54) is 12.8 Å². The van der Waals surface area contributed by atoms with Gasteiger partial charge >= 0.3 is 0 Å². The molecule has 5 nitrogen and oxygen atoms in total. The molecule has 5 heteroatoms. The Morgan fingerprint density at radius 2 is 1.77 bits per heavy atom. The van der Waals surface area contributed by atoms with Gasteiger partial charge in [-0.1, -0.05) is 0 Å². The van der Waals surface area contributed by atoms with E-state index in [1.807, 2.05) is 6.07 Å². The summed E-state index contributed by atoms with van der Waals surface area (Å²) in [6.07, 6.45) is 2.33. The maximum atomic E-state index is 12.5. The highest BCUT2D eigenvalue weighted by molar-refractivity contribution is 6.07. The molecule has 2 aromatic rings. The molecule has 3 rings (SSSR count). The molecule has 0 atom stereocenters. The molecule has 0 radical (unpaired) electrons. The van der Waals surface area contributed by atoms with Crippen molar-refractivity contribution >= 4 is 11.7 Å². The molecule has 1 aliphatic rings. The first-order valence-corrected chi connectivity index (χ1v) is 7.34. The van der Waals surface area contributed by atoms with Gasteiger partial charge in [0.1, 0.15) is 0 Å². The number of carbonyl (C=O) groups is 1. The van der Waals surface area contributed by atoms with Crippen LogP contribution in [0.4, 0.5) is 5.88 Å². The maximum Gasteiger partial charge on any atom is 0.228 e. The summed E-state index contributed by atoms with van der Waals surface area (Å²) in [4.78, 5) is 14.7. The van der Waals surface area contributed by atoms with Crippen LogP contribution < -0.4 is 14.4 Å². The minimum Gasteiger partial charge on any atom is -0.493 e. The first kappa shape index (κ1) is 14.5. The highest BCUT2D eigenvalue weighted by atomic mass is 16.5. The van der Waals surface area contributed by atoms with Crippen molar-refractivity contribution < 1.29 is 18.7 Å². The molecule has 1 aliphatic heterocycles. The molecule has 0 spiro atoms. The van der Waals surface area contributed by atoms with Crippen molar-refractivity contribution in [3.05, 3.63) is 41.7 Å². The summed E-state index contributed by atoms with van der Waals surface area (Å²) in [5.41, 5.74) is 0.514. The average Bonchev–Trinajstić information content (AvgIpc) is 3.24. The number of carbonyl (C=O) groups excluding carboxylic acids is 1. The van der Waals surface area contributed by atoms with Gasteiger partial charge in [-0.2, -0.15) is 0 Å². The van der Waals surface area contributed by atoms with Gasteiger partial charge in [-0.3, -0.25) is 4.79 Å². The van der Waals surface area contributed by atoms with Gasteiger partial charge in [0, 0.05) is 24.7 Å². The van der Waals surface area contributed by atoms with Gasteiger partial charge in [-0.05, 0) is 37.1 Å². The molecule has 1 fully saturated rings. The Balaban J connectivity index is 1.84. The van der Waals surface area contributed by atoms with Crippen molar-refractivity contribution in [2.24, 2.45) is 0 Å². The summed E-state index contributed by atoms with van der Waals surface area (Å²) in [7, 11) is 3.11. The SMILES string of the molecule is COc1ccc(C(=O)c2ccc(N3CCCC3)o2)cc1OC. The summed E-state index contributed by atoms with van der Waals surface area (Å²) in [6.45, 7) is 1.97. The van der Waals surface area contributed by atoms with Gasteiger partial charge in [0.05, 0.1) is 14.2 Å². The summed E-state index contributed by atoms with van der Waals surface area (Å²) >= 11 is 0. The number of ketones is 1. The summed E-state index contributed by atoms with van der Waals surface area (Å²) in [5.74, 6) is 2.07. The Labute approximate surface area is 129 Å². The molecule has 0 saturated carbocycles. The lowest BCUT2D eigenvalue weighted by molar-refractivity contribution is 0.101. The predicted octanol–water partition coefficient (Wildman–Crippen LogP) is 3.13. The Morgan fingerprint density at radius 3 is 2.45 bits per heavy atom. The Bertz CT molecular complexity index is 671. The van der Waals surface area contributed by atoms with E-state index in [-0.39, 0.29) is 5.78 Å². The van der Waals surface area contributed by atoms with E-state index >= 15 is 0 Å². The van der Waals surface area contributed by atoms with Gasteiger partial charge in [0.25, 0.3) is 0 Å². The normalized spacial score (nSPS) is 14.2. The number of nitrogens with zero attached hydrogens (tertiary/aromatic N) is 1. The maximum absolute atomic E-state index is 12.5. The number of hydrogen-bond acceptors (Lipinski definition) is 5. The quantitative estimate of drug-likeness (QED) is 0.794. The van der Waals surface area contributed by atoms with Crippen LogP contribution in [0, 0.1) is 0 Å². The van der Waals surface area contributed by atoms with Gasteiger partial charge in [-0.15, -0.1) is 0 Å². The lowest BCUT2D eigenvalue weighted by Gasteiger charge is -2.12. The van der Waals surface area contributed by atoms with E-state index in [0.717, 1.165) is 19.0 Å². The first-order valence-electron chi connectivity index (χ1n) is 7.34. The fourth-order valence-electron chi connectivity index (χ4n) is 2.68. The Kier molecular flexibility index (Phi) is 4.04.